The lowest BCUT2D eigenvalue weighted by atomic mass is 9.84. The number of halogens is 1. The number of hydrogen-bond acceptors (Lipinski definition) is 6. The topological polar surface area (TPSA) is 92.2 Å². The fourth-order valence-electron chi connectivity index (χ4n) is 5.36. The summed E-state index contributed by atoms with van der Waals surface area (Å²) in [5, 5.41) is 9.07. The van der Waals surface area contributed by atoms with Crippen molar-refractivity contribution < 1.29 is 19.4 Å². The molecule has 5 rings (SSSR count). The zero-order valence-electron chi connectivity index (χ0n) is 25.8. The molecular weight excluding hydrogens is 642 g/mol. The lowest BCUT2D eigenvalue weighted by Gasteiger charge is -2.30. The SMILES string of the molecule is O=C(NNCCCCc1ccccc1)[C@@]1(C/C=C/c2ccccc2)N=C(c2ccc(OCCCO)cc2)O[C@H]1c1ccccc1Br. The molecular formula is C38H40BrN3O4. The van der Waals surface area contributed by atoms with Crippen LogP contribution < -0.4 is 15.6 Å². The van der Waals surface area contributed by atoms with E-state index in [0.717, 1.165) is 40.4 Å². The van der Waals surface area contributed by atoms with Crippen molar-refractivity contribution in [3.8, 4) is 5.75 Å². The van der Waals surface area contributed by atoms with Crippen LogP contribution in [-0.2, 0) is 16.0 Å². The summed E-state index contributed by atoms with van der Waals surface area (Å²) in [6, 6.07) is 35.6. The molecule has 1 heterocycles. The number of aryl methyl sites for hydroxylation is 1. The van der Waals surface area contributed by atoms with Crippen molar-refractivity contribution in [1.29, 1.82) is 0 Å². The van der Waals surface area contributed by atoms with Crippen molar-refractivity contribution in [3.05, 3.63) is 142 Å². The summed E-state index contributed by atoms with van der Waals surface area (Å²) in [6.45, 7) is 1.13. The minimum absolute atomic E-state index is 0.0740. The Morgan fingerprint density at radius 1 is 0.913 bits per heavy atom. The van der Waals surface area contributed by atoms with Gasteiger partial charge in [0.25, 0.3) is 5.91 Å². The summed E-state index contributed by atoms with van der Waals surface area (Å²) in [5.74, 6) is 0.797. The molecule has 0 aliphatic carbocycles. The third-order valence-corrected chi connectivity index (χ3v) is 8.54. The van der Waals surface area contributed by atoms with E-state index in [1.807, 2.05) is 97.1 Å². The fraction of sp³-hybridized carbons (Fsp3) is 0.263. The van der Waals surface area contributed by atoms with Gasteiger partial charge in [0.15, 0.2) is 11.6 Å². The number of hydrazine groups is 1. The second kappa shape index (κ2) is 16.9. The van der Waals surface area contributed by atoms with Crippen LogP contribution in [0.2, 0.25) is 0 Å². The Morgan fingerprint density at radius 2 is 1.63 bits per heavy atom. The fourth-order valence-corrected chi connectivity index (χ4v) is 5.85. The molecule has 3 N–H and O–H groups in total. The van der Waals surface area contributed by atoms with Gasteiger partial charge in [0.2, 0.25) is 5.90 Å². The monoisotopic (exact) mass is 681 g/mol. The average molecular weight is 683 g/mol. The predicted molar refractivity (Wildman–Crippen MR) is 186 cm³/mol. The molecule has 0 saturated carbocycles. The van der Waals surface area contributed by atoms with E-state index in [2.05, 4.69) is 51.0 Å². The van der Waals surface area contributed by atoms with Crippen molar-refractivity contribution in [3.63, 3.8) is 0 Å². The second-order valence-electron chi connectivity index (χ2n) is 11.2. The first-order chi connectivity index (χ1) is 22.6. The molecule has 1 aliphatic heterocycles. The molecule has 1 amide bonds. The van der Waals surface area contributed by atoms with Crippen LogP contribution in [0.3, 0.4) is 0 Å². The van der Waals surface area contributed by atoms with E-state index < -0.39 is 11.6 Å². The number of benzene rings is 4. The standard InChI is InChI=1S/C38H40BrN3O4/c39-34-20-8-7-19-33(34)35-38(25-11-18-30-15-5-2-6-16-30,37(44)42-40-26-10-9-17-29-13-3-1-4-14-29)41-36(46-35)31-21-23-32(24-22-31)45-28-12-27-43/h1-8,11,13-16,18-24,35,40,43H,9-10,12,17,25-28H2,(H,42,44)/b18-11+/t35-,38-/m0/s1. The van der Waals surface area contributed by atoms with Gasteiger partial charge in [-0.15, -0.1) is 0 Å². The minimum atomic E-state index is -1.29. The van der Waals surface area contributed by atoms with E-state index >= 15 is 0 Å². The minimum Gasteiger partial charge on any atom is -0.494 e. The highest BCUT2D eigenvalue weighted by Gasteiger charge is 2.53. The molecule has 4 aromatic carbocycles. The number of unbranched alkanes of at least 4 members (excludes halogenated alkanes) is 1. The first-order valence-electron chi connectivity index (χ1n) is 15.7. The number of aliphatic hydroxyl groups excluding tert-OH is 1. The molecule has 8 heteroatoms. The first kappa shape index (κ1) is 33.1. The van der Waals surface area contributed by atoms with Gasteiger partial charge in [0.1, 0.15) is 5.75 Å². The quantitative estimate of drug-likeness (QED) is 0.0859. The molecule has 0 aromatic heterocycles. The van der Waals surface area contributed by atoms with Gasteiger partial charge >= 0.3 is 0 Å². The summed E-state index contributed by atoms with van der Waals surface area (Å²) >= 11 is 3.70. The van der Waals surface area contributed by atoms with Crippen molar-refractivity contribution in [2.24, 2.45) is 4.99 Å². The zero-order chi connectivity index (χ0) is 32.0. The number of nitrogens with zero attached hydrogens (tertiary/aromatic N) is 1. The zero-order valence-corrected chi connectivity index (χ0v) is 27.4. The molecule has 0 spiro atoms. The maximum atomic E-state index is 14.3. The van der Waals surface area contributed by atoms with Crippen LogP contribution in [0.4, 0.5) is 0 Å². The first-order valence-corrected chi connectivity index (χ1v) is 16.5. The molecule has 2 atom stereocenters. The van der Waals surface area contributed by atoms with Gasteiger partial charge in [-0.2, -0.15) is 0 Å². The number of nitrogens with one attached hydrogen (secondary N) is 2. The summed E-state index contributed by atoms with van der Waals surface area (Å²) < 4.78 is 13.2. The maximum Gasteiger partial charge on any atom is 0.266 e. The van der Waals surface area contributed by atoms with Crippen molar-refractivity contribution in [2.75, 3.05) is 19.8 Å². The number of hydrogen-bond donors (Lipinski definition) is 3. The highest BCUT2D eigenvalue weighted by molar-refractivity contribution is 9.10. The number of amides is 1. The van der Waals surface area contributed by atoms with Crippen LogP contribution in [0.25, 0.3) is 6.08 Å². The van der Waals surface area contributed by atoms with Crippen molar-refractivity contribution in [1.82, 2.24) is 10.9 Å². The Balaban J connectivity index is 1.40. The molecule has 0 radical (unpaired) electrons. The average Bonchev–Trinajstić information content (AvgIpc) is 3.48. The summed E-state index contributed by atoms with van der Waals surface area (Å²) in [5.41, 5.74) is 8.75. The van der Waals surface area contributed by atoms with Gasteiger partial charge in [-0.05, 0) is 60.7 Å². The van der Waals surface area contributed by atoms with E-state index in [0.29, 0.717) is 37.6 Å². The van der Waals surface area contributed by atoms with Crippen LogP contribution >= 0.6 is 15.9 Å². The van der Waals surface area contributed by atoms with E-state index in [9.17, 15) is 4.79 Å². The van der Waals surface area contributed by atoms with Crippen LogP contribution in [0.5, 0.6) is 5.75 Å². The van der Waals surface area contributed by atoms with Crippen LogP contribution in [-0.4, -0.2) is 42.2 Å². The summed E-state index contributed by atoms with van der Waals surface area (Å²) in [6.07, 6.45) is 7.06. The lowest BCUT2D eigenvalue weighted by Crippen LogP contribution is -2.52. The normalized spacial score (nSPS) is 17.4. The van der Waals surface area contributed by atoms with Gasteiger partial charge in [0.05, 0.1) is 6.61 Å². The van der Waals surface area contributed by atoms with Gasteiger partial charge in [-0.1, -0.05) is 107 Å². The number of carbonyl (C=O) groups excluding carboxylic acids is 1. The van der Waals surface area contributed by atoms with E-state index in [4.69, 9.17) is 19.6 Å². The van der Waals surface area contributed by atoms with Gasteiger partial charge < -0.3 is 14.6 Å². The Kier molecular flexibility index (Phi) is 12.2. The number of carbonyl (C=O) groups is 1. The van der Waals surface area contributed by atoms with Crippen molar-refractivity contribution in [2.45, 2.75) is 43.7 Å². The lowest BCUT2D eigenvalue weighted by molar-refractivity contribution is -0.129. The smallest absolute Gasteiger partial charge is 0.266 e. The Labute approximate surface area is 279 Å². The largest absolute Gasteiger partial charge is 0.494 e. The molecule has 0 bridgehead atoms. The number of ether oxygens (including phenoxy) is 2. The molecule has 0 fully saturated rings. The van der Waals surface area contributed by atoms with Gasteiger partial charge in [-0.3, -0.25) is 10.2 Å². The molecule has 7 nitrogen and oxygen atoms in total. The number of aliphatic hydroxyl groups is 1. The van der Waals surface area contributed by atoms with Gasteiger partial charge in [0, 0.05) is 41.6 Å². The molecule has 0 unspecified atom stereocenters. The highest BCUT2D eigenvalue weighted by Crippen LogP contribution is 2.45. The Morgan fingerprint density at radius 3 is 2.37 bits per heavy atom. The Hall–Kier alpha value is -4.24. The van der Waals surface area contributed by atoms with E-state index in [1.54, 1.807) is 0 Å². The second-order valence-corrected chi connectivity index (χ2v) is 12.0. The molecule has 1 aliphatic rings. The van der Waals surface area contributed by atoms with Crippen molar-refractivity contribution >= 4 is 33.8 Å². The molecule has 0 saturated heterocycles. The van der Waals surface area contributed by atoms with E-state index in [-0.39, 0.29) is 12.5 Å². The third kappa shape index (κ3) is 8.72. The molecule has 238 valence electrons. The molecule has 4 aromatic rings. The van der Waals surface area contributed by atoms with Crippen LogP contribution in [0.15, 0.2) is 125 Å². The number of aliphatic imine (C=N–C) groups is 1. The third-order valence-electron chi connectivity index (χ3n) is 7.82. The highest BCUT2D eigenvalue weighted by atomic mass is 79.9. The maximum absolute atomic E-state index is 14.3. The predicted octanol–water partition coefficient (Wildman–Crippen LogP) is 7.21. The summed E-state index contributed by atoms with van der Waals surface area (Å²) in [4.78, 5) is 19.4. The molecule has 46 heavy (non-hydrogen) atoms. The van der Waals surface area contributed by atoms with Crippen LogP contribution in [0.1, 0.15) is 54.0 Å². The summed E-state index contributed by atoms with van der Waals surface area (Å²) in [7, 11) is 0. The number of rotatable bonds is 16. The van der Waals surface area contributed by atoms with Gasteiger partial charge in [-0.25, -0.2) is 10.4 Å². The van der Waals surface area contributed by atoms with E-state index in [1.165, 1.54) is 5.56 Å². The van der Waals surface area contributed by atoms with Crippen LogP contribution in [0, 0.1) is 0 Å². The Bertz CT molecular complexity index is 1600.